The normalized spacial score (nSPS) is 11.6. The van der Waals surface area contributed by atoms with E-state index >= 15 is 0 Å². The fraction of sp³-hybridized carbons (Fsp3) is 0.455. The zero-order valence-corrected chi connectivity index (χ0v) is 12.7. The zero-order chi connectivity index (χ0) is 12.1. The van der Waals surface area contributed by atoms with Crippen LogP contribution in [-0.4, -0.2) is 32.0 Å². The molecule has 0 spiro atoms. The lowest BCUT2D eigenvalue weighted by molar-refractivity contribution is 0.265. The summed E-state index contributed by atoms with van der Waals surface area (Å²) in [6.07, 6.45) is 0.618. The number of halogens is 2. The van der Waals surface area contributed by atoms with Gasteiger partial charge in [-0.05, 0) is 46.7 Å². The number of aliphatic hydroxyl groups excluding tert-OH is 1. The van der Waals surface area contributed by atoms with E-state index in [9.17, 15) is 0 Å². The van der Waals surface area contributed by atoms with Crippen LogP contribution in [0.4, 0.5) is 0 Å². The number of aliphatic hydroxyl groups is 1. The van der Waals surface area contributed by atoms with Crippen LogP contribution < -0.4 is 15.2 Å². The van der Waals surface area contributed by atoms with Crippen molar-refractivity contribution in [2.75, 3.05) is 20.8 Å². The van der Waals surface area contributed by atoms with E-state index in [1.807, 2.05) is 12.1 Å². The topological polar surface area (TPSA) is 64.7 Å². The van der Waals surface area contributed by atoms with Gasteiger partial charge in [-0.2, -0.15) is 0 Å². The fourth-order valence-corrected chi connectivity index (χ4v) is 2.34. The molecule has 0 saturated heterocycles. The number of benzene rings is 1. The van der Waals surface area contributed by atoms with Gasteiger partial charge in [0.15, 0.2) is 11.5 Å². The Morgan fingerprint density at radius 3 is 2.47 bits per heavy atom. The monoisotopic (exact) mass is 373 g/mol. The van der Waals surface area contributed by atoms with Crippen molar-refractivity contribution in [2.24, 2.45) is 5.73 Å². The summed E-state index contributed by atoms with van der Waals surface area (Å²) in [6, 6.07) is 3.63. The third kappa shape index (κ3) is 4.50. The highest BCUT2D eigenvalue weighted by atomic mass is 127. The molecule has 6 heteroatoms. The average molecular weight is 374 g/mol. The third-order valence-corrected chi connectivity index (χ3v) is 3.03. The highest BCUT2D eigenvalue weighted by Crippen LogP contribution is 2.33. The molecule has 1 unspecified atom stereocenters. The molecular formula is C11H17ClINO3. The molecule has 3 N–H and O–H groups in total. The van der Waals surface area contributed by atoms with E-state index in [2.05, 4.69) is 22.6 Å². The summed E-state index contributed by atoms with van der Waals surface area (Å²) in [6.45, 7) is -0.0229. The Kier molecular flexibility index (Phi) is 7.85. The minimum absolute atomic E-state index is 0. The van der Waals surface area contributed by atoms with Gasteiger partial charge in [0.2, 0.25) is 0 Å². The summed E-state index contributed by atoms with van der Waals surface area (Å²) >= 11 is 2.19. The van der Waals surface area contributed by atoms with Crippen LogP contribution in [-0.2, 0) is 6.42 Å². The van der Waals surface area contributed by atoms with Crippen molar-refractivity contribution < 1.29 is 14.6 Å². The molecular weight excluding hydrogens is 356 g/mol. The van der Waals surface area contributed by atoms with Crippen molar-refractivity contribution >= 4 is 35.0 Å². The largest absolute Gasteiger partial charge is 0.493 e. The van der Waals surface area contributed by atoms with E-state index in [1.54, 1.807) is 14.2 Å². The molecule has 0 radical (unpaired) electrons. The summed E-state index contributed by atoms with van der Waals surface area (Å²) in [4.78, 5) is 0. The second kappa shape index (κ2) is 7.97. The minimum atomic E-state index is -0.242. The van der Waals surface area contributed by atoms with Crippen molar-refractivity contribution in [3.8, 4) is 11.5 Å². The van der Waals surface area contributed by atoms with Crippen LogP contribution in [0.15, 0.2) is 12.1 Å². The molecule has 0 aromatic heterocycles. The third-order valence-electron chi connectivity index (χ3n) is 2.23. The van der Waals surface area contributed by atoms with Gasteiger partial charge in [0.05, 0.1) is 24.4 Å². The first kappa shape index (κ1) is 16.8. The van der Waals surface area contributed by atoms with E-state index in [-0.39, 0.29) is 25.1 Å². The first-order valence-electron chi connectivity index (χ1n) is 4.89. The number of ether oxygens (including phenoxy) is 2. The maximum Gasteiger partial charge on any atom is 0.174 e. The van der Waals surface area contributed by atoms with Crippen LogP contribution in [0.2, 0.25) is 0 Å². The van der Waals surface area contributed by atoms with Gasteiger partial charge < -0.3 is 20.3 Å². The molecule has 0 amide bonds. The second-order valence-electron chi connectivity index (χ2n) is 3.46. The van der Waals surface area contributed by atoms with Crippen LogP contribution in [0.1, 0.15) is 5.56 Å². The lowest BCUT2D eigenvalue weighted by Crippen LogP contribution is -2.26. The van der Waals surface area contributed by atoms with E-state index in [0.717, 1.165) is 14.9 Å². The molecule has 0 fully saturated rings. The fourth-order valence-electron chi connectivity index (χ4n) is 1.46. The van der Waals surface area contributed by atoms with Gasteiger partial charge >= 0.3 is 0 Å². The number of rotatable bonds is 5. The Balaban J connectivity index is 0.00000256. The van der Waals surface area contributed by atoms with E-state index < -0.39 is 0 Å². The number of hydrogen-bond acceptors (Lipinski definition) is 4. The van der Waals surface area contributed by atoms with Gasteiger partial charge in [-0.3, -0.25) is 0 Å². The number of nitrogens with two attached hydrogens (primary N) is 1. The SMILES string of the molecule is COc1cc(CC(N)CO)cc(I)c1OC.Cl. The Hall–Kier alpha value is -0.240. The molecule has 1 rings (SSSR count). The first-order valence-corrected chi connectivity index (χ1v) is 5.97. The predicted molar refractivity (Wildman–Crippen MR) is 78.3 cm³/mol. The van der Waals surface area contributed by atoms with Gasteiger partial charge in [0.25, 0.3) is 0 Å². The molecule has 1 atom stereocenters. The van der Waals surface area contributed by atoms with Gasteiger partial charge in [0.1, 0.15) is 0 Å². The van der Waals surface area contributed by atoms with Crippen molar-refractivity contribution in [3.63, 3.8) is 0 Å². The molecule has 98 valence electrons. The average Bonchev–Trinajstić information content (AvgIpc) is 2.28. The first-order chi connectivity index (χ1) is 7.62. The Bertz CT molecular complexity index is 363. The van der Waals surface area contributed by atoms with Crippen molar-refractivity contribution in [2.45, 2.75) is 12.5 Å². The number of hydrogen-bond donors (Lipinski definition) is 2. The smallest absolute Gasteiger partial charge is 0.174 e. The Labute approximate surface area is 121 Å². The van der Waals surface area contributed by atoms with E-state index in [1.165, 1.54) is 0 Å². The Morgan fingerprint density at radius 2 is 2.00 bits per heavy atom. The number of methoxy groups -OCH3 is 2. The van der Waals surface area contributed by atoms with Gasteiger partial charge in [0, 0.05) is 6.04 Å². The minimum Gasteiger partial charge on any atom is -0.493 e. The van der Waals surface area contributed by atoms with Gasteiger partial charge in [-0.15, -0.1) is 12.4 Å². The Morgan fingerprint density at radius 1 is 1.35 bits per heavy atom. The molecule has 0 aliphatic rings. The van der Waals surface area contributed by atoms with Gasteiger partial charge in [-0.1, -0.05) is 0 Å². The molecule has 0 aliphatic carbocycles. The second-order valence-corrected chi connectivity index (χ2v) is 4.62. The standard InChI is InChI=1S/C11H16INO3.ClH/c1-15-10-5-7(3-8(13)6-14)4-9(12)11(10)16-2;/h4-5,8,14H,3,6,13H2,1-2H3;1H. The molecule has 4 nitrogen and oxygen atoms in total. The summed E-state index contributed by atoms with van der Waals surface area (Å²) < 4.78 is 11.5. The van der Waals surface area contributed by atoms with Crippen LogP contribution in [0.3, 0.4) is 0 Å². The maximum atomic E-state index is 8.91. The molecule has 0 aliphatic heterocycles. The molecule has 0 heterocycles. The lowest BCUT2D eigenvalue weighted by Gasteiger charge is -2.13. The summed E-state index contributed by atoms with van der Waals surface area (Å²) in [5.74, 6) is 1.42. The molecule has 1 aromatic carbocycles. The highest BCUT2D eigenvalue weighted by Gasteiger charge is 2.12. The summed E-state index contributed by atoms with van der Waals surface area (Å²) in [5.41, 5.74) is 6.72. The van der Waals surface area contributed by atoms with Crippen molar-refractivity contribution in [1.82, 2.24) is 0 Å². The molecule has 0 bridgehead atoms. The van der Waals surface area contributed by atoms with Crippen LogP contribution in [0, 0.1) is 3.57 Å². The van der Waals surface area contributed by atoms with Crippen LogP contribution >= 0.6 is 35.0 Å². The molecule has 17 heavy (non-hydrogen) atoms. The highest BCUT2D eigenvalue weighted by molar-refractivity contribution is 14.1. The lowest BCUT2D eigenvalue weighted by atomic mass is 10.1. The van der Waals surface area contributed by atoms with Crippen LogP contribution in [0.5, 0.6) is 11.5 Å². The quantitative estimate of drug-likeness (QED) is 0.770. The molecule has 0 saturated carbocycles. The van der Waals surface area contributed by atoms with Gasteiger partial charge in [-0.25, -0.2) is 0 Å². The summed E-state index contributed by atoms with van der Waals surface area (Å²) in [7, 11) is 3.21. The van der Waals surface area contributed by atoms with E-state index in [0.29, 0.717) is 12.2 Å². The maximum absolute atomic E-state index is 8.91. The van der Waals surface area contributed by atoms with E-state index in [4.69, 9.17) is 20.3 Å². The molecule has 1 aromatic rings. The predicted octanol–water partition coefficient (Wildman–Crippen LogP) is 1.59. The summed E-state index contributed by atoms with van der Waals surface area (Å²) in [5, 5.41) is 8.91. The van der Waals surface area contributed by atoms with Crippen molar-refractivity contribution in [3.05, 3.63) is 21.3 Å². The van der Waals surface area contributed by atoms with Crippen LogP contribution in [0.25, 0.3) is 0 Å². The van der Waals surface area contributed by atoms with Crippen molar-refractivity contribution in [1.29, 1.82) is 0 Å². The zero-order valence-electron chi connectivity index (χ0n) is 9.77.